The molecular formula is C23H28ClN3O5. The van der Waals surface area contributed by atoms with Gasteiger partial charge in [0, 0.05) is 37.9 Å². The molecule has 1 aromatic carbocycles. The zero-order valence-corrected chi connectivity index (χ0v) is 19.4. The summed E-state index contributed by atoms with van der Waals surface area (Å²) in [6, 6.07) is 6.79. The minimum Gasteiger partial charge on any atom is -0.493 e. The summed E-state index contributed by atoms with van der Waals surface area (Å²) in [4.78, 5) is 33.1. The van der Waals surface area contributed by atoms with E-state index in [1.54, 1.807) is 36.1 Å². The van der Waals surface area contributed by atoms with Gasteiger partial charge in [0.1, 0.15) is 5.82 Å². The van der Waals surface area contributed by atoms with Crippen LogP contribution < -0.4 is 14.4 Å². The predicted octanol–water partition coefficient (Wildman–Crippen LogP) is 3.67. The molecule has 1 aromatic heterocycles. The molecule has 0 bridgehead atoms. The van der Waals surface area contributed by atoms with Crippen molar-refractivity contribution >= 4 is 29.3 Å². The maximum Gasteiger partial charge on any atom is 0.339 e. The van der Waals surface area contributed by atoms with E-state index < -0.39 is 0 Å². The molecule has 0 spiro atoms. The summed E-state index contributed by atoms with van der Waals surface area (Å²) in [5.74, 6) is 1.15. The first-order valence-electron chi connectivity index (χ1n) is 10.7. The third-order valence-electron chi connectivity index (χ3n) is 5.08. The SMILES string of the molecule is CCCOc1c(Cl)cc(C(=O)N2CCN(c3ccc(C(=O)OCC)cn3)CC2)cc1OC. The van der Waals surface area contributed by atoms with Gasteiger partial charge in [-0.05, 0) is 37.6 Å². The molecule has 0 N–H and O–H groups in total. The molecule has 8 nitrogen and oxygen atoms in total. The molecule has 1 amide bonds. The number of halogens is 1. The van der Waals surface area contributed by atoms with Crippen molar-refractivity contribution in [1.82, 2.24) is 9.88 Å². The number of rotatable bonds is 8. The fourth-order valence-corrected chi connectivity index (χ4v) is 3.68. The van der Waals surface area contributed by atoms with E-state index in [1.807, 2.05) is 6.92 Å². The Balaban J connectivity index is 1.64. The van der Waals surface area contributed by atoms with Crippen LogP contribution in [0.2, 0.25) is 5.02 Å². The summed E-state index contributed by atoms with van der Waals surface area (Å²) < 4.78 is 16.0. The Kier molecular flexibility index (Phi) is 8.16. The number of carbonyl (C=O) groups is 2. The van der Waals surface area contributed by atoms with E-state index in [9.17, 15) is 9.59 Å². The third-order valence-corrected chi connectivity index (χ3v) is 5.36. The van der Waals surface area contributed by atoms with Crippen molar-refractivity contribution in [1.29, 1.82) is 0 Å². The first-order valence-corrected chi connectivity index (χ1v) is 11.0. The predicted molar refractivity (Wildman–Crippen MR) is 122 cm³/mol. The minimum absolute atomic E-state index is 0.113. The summed E-state index contributed by atoms with van der Waals surface area (Å²) in [5.41, 5.74) is 0.877. The number of hydrogen-bond acceptors (Lipinski definition) is 7. The lowest BCUT2D eigenvalue weighted by Gasteiger charge is -2.35. The minimum atomic E-state index is -0.387. The number of aromatic nitrogens is 1. The van der Waals surface area contributed by atoms with Crippen molar-refractivity contribution in [3.05, 3.63) is 46.6 Å². The van der Waals surface area contributed by atoms with Crippen LogP contribution in [0.1, 0.15) is 41.0 Å². The number of piperazine rings is 1. The summed E-state index contributed by atoms with van der Waals surface area (Å²) >= 11 is 6.36. The van der Waals surface area contributed by atoms with Gasteiger partial charge in [0.15, 0.2) is 11.5 Å². The quantitative estimate of drug-likeness (QED) is 0.555. The molecule has 1 aliphatic rings. The number of amides is 1. The largest absolute Gasteiger partial charge is 0.493 e. The van der Waals surface area contributed by atoms with Gasteiger partial charge in [-0.2, -0.15) is 0 Å². The monoisotopic (exact) mass is 461 g/mol. The van der Waals surface area contributed by atoms with Crippen molar-refractivity contribution in [3.63, 3.8) is 0 Å². The lowest BCUT2D eigenvalue weighted by atomic mass is 10.1. The highest BCUT2D eigenvalue weighted by Gasteiger charge is 2.25. The van der Waals surface area contributed by atoms with Crippen LogP contribution in [0.15, 0.2) is 30.5 Å². The van der Waals surface area contributed by atoms with Crippen molar-refractivity contribution < 1.29 is 23.8 Å². The average molecular weight is 462 g/mol. The number of anilines is 1. The lowest BCUT2D eigenvalue weighted by Crippen LogP contribution is -2.49. The number of esters is 1. The van der Waals surface area contributed by atoms with Gasteiger partial charge in [-0.25, -0.2) is 9.78 Å². The molecule has 0 atom stereocenters. The molecule has 9 heteroatoms. The van der Waals surface area contributed by atoms with E-state index >= 15 is 0 Å². The molecule has 3 rings (SSSR count). The Morgan fingerprint density at radius 2 is 1.84 bits per heavy atom. The summed E-state index contributed by atoms with van der Waals surface area (Å²) in [5, 5.41) is 0.352. The van der Waals surface area contributed by atoms with E-state index in [2.05, 4.69) is 9.88 Å². The van der Waals surface area contributed by atoms with E-state index in [4.69, 9.17) is 25.8 Å². The number of methoxy groups -OCH3 is 1. The van der Waals surface area contributed by atoms with Crippen LogP contribution in [0.5, 0.6) is 11.5 Å². The fraction of sp³-hybridized carbons (Fsp3) is 0.435. The number of carbonyl (C=O) groups excluding carboxylic acids is 2. The first kappa shape index (κ1) is 23.7. The highest BCUT2D eigenvalue weighted by molar-refractivity contribution is 6.32. The van der Waals surface area contributed by atoms with E-state index in [1.165, 1.54) is 13.3 Å². The zero-order chi connectivity index (χ0) is 23.1. The van der Waals surface area contributed by atoms with Gasteiger partial charge in [0.2, 0.25) is 0 Å². The van der Waals surface area contributed by atoms with Crippen molar-refractivity contribution in [2.75, 3.05) is 51.4 Å². The van der Waals surface area contributed by atoms with Crippen molar-refractivity contribution in [3.8, 4) is 11.5 Å². The van der Waals surface area contributed by atoms with Crippen LogP contribution in [-0.4, -0.2) is 68.3 Å². The molecule has 0 radical (unpaired) electrons. The fourth-order valence-electron chi connectivity index (χ4n) is 3.42. The standard InChI is InChI=1S/C23H28ClN3O5/c1-4-12-32-21-18(24)13-17(14-19(21)30-3)22(28)27-10-8-26(9-11-27)20-7-6-16(15-25-20)23(29)31-5-2/h6-7,13-15H,4-5,8-12H2,1-3H3. The molecule has 0 unspecified atom stereocenters. The number of nitrogens with zero attached hydrogens (tertiary/aromatic N) is 3. The van der Waals surface area contributed by atoms with Crippen LogP contribution in [0.3, 0.4) is 0 Å². The smallest absolute Gasteiger partial charge is 0.339 e. The van der Waals surface area contributed by atoms with Gasteiger partial charge in [0.05, 0.1) is 30.9 Å². The third kappa shape index (κ3) is 5.43. The van der Waals surface area contributed by atoms with Crippen LogP contribution in [0, 0.1) is 0 Å². The van der Waals surface area contributed by atoms with Gasteiger partial charge in [-0.3, -0.25) is 4.79 Å². The molecule has 172 valence electrons. The molecular weight excluding hydrogens is 434 g/mol. The summed E-state index contributed by atoms with van der Waals surface area (Å²) in [7, 11) is 1.53. The second-order valence-corrected chi connectivity index (χ2v) is 7.65. The van der Waals surface area contributed by atoms with Crippen molar-refractivity contribution in [2.45, 2.75) is 20.3 Å². The van der Waals surface area contributed by atoms with Crippen LogP contribution in [0.25, 0.3) is 0 Å². The van der Waals surface area contributed by atoms with E-state index in [0.29, 0.717) is 67.0 Å². The maximum atomic E-state index is 13.1. The molecule has 1 aliphatic heterocycles. The highest BCUT2D eigenvalue weighted by atomic mass is 35.5. The maximum absolute atomic E-state index is 13.1. The van der Waals surface area contributed by atoms with Gasteiger partial charge >= 0.3 is 5.97 Å². The van der Waals surface area contributed by atoms with Crippen molar-refractivity contribution in [2.24, 2.45) is 0 Å². The molecule has 0 saturated carbocycles. The molecule has 2 heterocycles. The molecule has 1 fully saturated rings. The van der Waals surface area contributed by atoms with E-state index in [0.717, 1.165) is 12.2 Å². The Labute approximate surface area is 193 Å². The van der Waals surface area contributed by atoms with Crippen LogP contribution in [-0.2, 0) is 4.74 Å². The molecule has 0 aliphatic carbocycles. The Hall–Kier alpha value is -3.00. The number of benzene rings is 1. The number of ether oxygens (including phenoxy) is 3. The number of pyridine rings is 1. The van der Waals surface area contributed by atoms with Gasteiger partial charge in [-0.1, -0.05) is 18.5 Å². The van der Waals surface area contributed by atoms with E-state index in [-0.39, 0.29) is 11.9 Å². The van der Waals surface area contributed by atoms with Crippen LogP contribution in [0.4, 0.5) is 5.82 Å². The molecule has 1 saturated heterocycles. The topological polar surface area (TPSA) is 81.2 Å². The van der Waals surface area contributed by atoms with Gasteiger partial charge in [0.25, 0.3) is 5.91 Å². The first-order chi connectivity index (χ1) is 15.5. The highest BCUT2D eigenvalue weighted by Crippen LogP contribution is 2.37. The summed E-state index contributed by atoms with van der Waals surface area (Å²) in [6.45, 7) is 6.92. The average Bonchev–Trinajstić information content (AvgIpc) is 2.82. The molecule has 32 heavy (non-hydrogen) atoms. The van der Waals surface area contributed by atoms with Crippen LogP contribution >= 0.6 is 11.6 Å². The normalized spacial score (nSPS) is 13.6. The number of hydrogen-bond donors (Lipinski definition) is 0. The Bertz CT molecular complexity index is 943. The lowest BCUT2D eigenvalue weighted by molar-refractivity contribution is 0.0525. The second kappa shape index (κ2) is 11.0. The summed E-state index contributed by atoms with van der Waals surface area (Å²) in [6.07, 6.45) is 2.35. The Morgan fingerprint density at radius 1 is 1.09 bits per heavy atom. The van der Waals surface area contributed by atoms with Gasteiger partial charge in [-0.15, -0.1) is 0 Å². The zero-order valence-electron chi connectivity index (χ0n) is 18.6. The molecule has 2 aromatic rings. The van der Waals surface area contributed by atoms with Gasteiger partial charge < -0.3 is 24.0 Å². The second-order valence-electron chi connectivity index (χ2n) is 7.24. The Morgan fingerprint density at radius 3 is 2.44 bits per heavy atom.